The predicted molar refractivity (Wildman–Crippen MR) is 118 cm³/mol. The van der Waals surface area contributed by atoms with E-state index in [-0.39, 0.29) is 11.4 Å². The molecule has 4 aromatic rings. The Morgan fingerprint density at radius 1 is 1.06 bits per heavy atom. The lowest BCUT2D eigenvalue weighted by Crippen LogP contribution is -2.27. The molecule has 0 atom stereocenters. The van der Waals surface area contributed by atoms with Gasteiger partial charge in [0.2, 0.25) is 0 Å². The Bertz CT molecular complexity index is 1340. The number of carbonyl (C=O) groups excluding carboxylic acids is 2. The SMILES string of the molecule is COC(=O)Nc1ccc(-n2cnc3cnc(C(=O)N(C)c4ccc(F)c(OC)c4)cc32)cn1. The van der Waals surface area contributed by atoms with Crippen LogP contribution in [-0.2, 0) is 4.74 Å². The molecule has 0 radical (unpaired) electrons. The maximum absolute atomic E-state index is 13.7. The monoisotopic (exact) mass is 450 g/mol. The number of halogens is 1. The summed E-state index contributed by atoms with van der Waals surface area (Å²) < 4.78 is 25.0. The number of amides is 2. The van der Waals surface area contributed by atoms with Crippen LogP contribution < -0.4 is 15.0 Å². The third-order valence-corrected chi connectivity index (χ3v) is 4.92. The second-order valence-electron chi connectivity index (χ2n) is 6.87. The van der Waals surface area contributed by atoms with Gasteiger partial charge in [0.1, 0.15) is 23.4 Å². The van der Waals surface area contributed by atoms with Crippen molar-refractivity contribution < 1.29 is 23.5 Å². The molecule has 0 unspecified atom stereocenters. The number of carbonyl (C=O) groups is 2. The van der Waals surface area contributed by atoms with Gasteiger partial charge in [-0.2, -0.15) is 0 Å². The lowest BCUT2D eigenvalue weighted by Gasteiger charge is -2.18. The maximum atomic E-state index is 13.7. The minimum Gasteiger partial charge on any atom is -0.494 e. The minimum absolute atomic E-state index is 0.0336. The first kappa shape index (κ1) is 21.7. The molecule has 0 aliphatic heterocycles. The number of ether oxygens (including phenoxy) is 2. The van der Waals surface area contributed by atoms with Gasteiger partial charge in [-0.05, 0) is 30.3 Å². The van der Waals surface area contributed by atoms with Gasteiger partial charge in [0.05, 0.1) is 37.8 Å². The lowest BCUT2D eigenvalue weighted by molar-refractivity contribution is 0.0988. The molecule has 3 aromatic heterocycles. The fourth-order valence-corrected chi connectivity index (χ4v) is 3.14. The Labute approximate surface area is 187 Å². The number of hydrogen-bond donors (Lipinski definition) is 1. The molecule has 0 saturated heterocycles. The van der Waals surface area contributed by atoms with Crippen molar-refractivity contribution in [3.05, 3.63) is 66.6 Å². The number of benzene rings is 1. The van der Waals surface area contributed by atoms with Crippen molar-refractivity contribution in [2.45, 2.75) is 0 Å². The van der Waals surface area contributed by atoms with Crippen molar-refractivity contribution in [1.82, 2.24) is 19.5 Å². The molecule has 0 fully saturated rings. The fourth-order valence-electron chi connectivity index (χ4n) is 3.14. The van der Waals surface area contributed by atoms with E-state index in [9.17, 15) is 14.0 Å². The van der Waals surface area contributed by atoms with Crippen LogP contribution in [0.4, 0.5) is 20.7 Å². The Morgan fingerprint density at radius 3 is 2.58 bits per heavy atom. The van der Waals surface area contributed by atoms with Crippen molar-refractivity contribution in [3.8, 4) is 11.4 Å². The van der Waals surface area contributed by atoms with E-state index in [0.717, 1.165) is 0 Å². The third kappa shape index (κ3) is 4.28. The molecule has 0 saturated carbocycles. The summed E-state index contributed by atoms with van der Waals surface area (Å²) in [6.07, 6.45) is 4.00. The second kappa shape index (κ2) is 8.91. The van der Waals surface area contributed by atoms with Crippen LogP contribution in [-0.4, -0.2) is 52.8 Å². The number of hydrogen-bond acceptors (Lipinski definition) is 7. The Kier molecular flexibility index (Phi) is 5.85. The highest BCUT2D eigenvalue weighted by molar-refractivity contribution is 6.05. The molecule has 0 aliphatic carbocycles. The number of methoxy groups -OCH3 is 2. The Balaban J connectivity index is 1.64. The summed E-state index contributed by atoms with van der Waals surface area (Å²) in [5.41, 5.74) is 2.50. The number of rotatable bonds is 5. The van der Waals surface area contributed by atoms with E-state index in [0.29, 0.717) is 28.2 Å². The average molecular weight is 450 g/mol. The van der Waals surface area contributed by atoms with Gasteiger partial charge in [-0.25, -0.2) is 24.1 Å². The van der Waals surface area contributed by atoms with Crippen LogP contribution in [0.15, 0.2) is 55.1 Å². The van der Waals surface area contributed by atoms with Crippen LogP contribution >= 0.6 is 0 Å². The molecule has 1 aromatic carbocycles. The van der Waals surface area contributed by atoms with Crippen molar-refractivity contribution in [2.75, 3.05) is 31.5 Å². The number of nitrogens with one attached hydrogen (secondary N) is 1. The summed E-state index contributed by atoms with van der Waals surface area (Å²) in [6.45, 7) is 0. The van der Waals surface area contributed by atoms with Crippen LogP contribution in [0.5, 0.6) is 5.75 Å². The summed E-state index contributed by atoms with van der Waals surface area (Å²) in [6, 6.07) is 9.11. The van der Waals surface area contributed by atoms with Gasteiger partial charge in [-0.3, -0.25) is 14.7 Å². The molecule has 0 spiro atoms. The minimum atomic E-state index is -0.625. The van der Waals surface area contributed by atoms with Gasteiger partial charge in [-0.1, -0.05) is 0 Å². The molecule has 1 N–H and O–H groups in total. The summed E-state index contributed by atoms with van der Waals surface area (Å²) in [4.78, 5) is 38.5. The largest absolute Gasteiger partial charge is 0.494 e. The zero-order chi connectivity index (χ0) is 23.5. The molecular formula is C22H19FN6O4. The lowest BCUT2D eigenvalue weighted by atomic mass is 10.2. The first-order valence-corrected chi connectivity index (χ1v) is 9.67. The number of imidazole rings is 1. The first-order valence-electron chi connectivity index (χ1n) is 9.67. The second-order valence-corrected chi connectivity index (χ2v) is 6.87. The first-order chi connectivity index (χ1) is 15.9. The van der Waals surface area contributed by atoms with Crippen LogP contribution in [0.2, 0.25) is 0 Å². The number of anilines is 2. The Morgan fingerprint density at radius 2 is 1.88 bits per heavy atom. The highest BCUT2D eigenvalue weighted by atomic mass is 19.1. The summed E-state index contributed by atoms with van der Waals surface area (Å²) in [5.74, 6) is -0.559. The normalized spacial score (nSPS) is 10.7. The molecule has 3 heterocycles. The predicted octanol–water partition coefficient (Wildman–Crippen LogP) is 3.42. The molecule has 4 rings (SSSR count). The third-order valence-electron chi connectivity index (χ3n) is 4.92. The highest BCUT2D eigenvalue weighted by Crippen LogP contribution is 2.25. The highest BCUT2D eigenvalue weighted by Gasteiger charge is 2.18. The van der Waals surface area contributed by atoms with Crippen LogP contribution in [0.3, 0.4) is 0 Å². The standard InChI is InChI=1S/C22H19FN6O4/c1-28(13-4-6-15(23)19(8-13)32-2)21(30)16-9-18-17(11-24-16)26-12-29(18)14-5-7-20(25-10-14)27-22(31)33-3/h4-12H,1-3H3,(H,25,27,31). The van der Waals surface area contributed by atoms with E-state index in [1.165, 1.54) is 43.5 Å². The van der Waals surface area contributed by atoms with Crippen molar-refractivity contribution in [3.63, 3.8) is 0 Å². The molecule has 168 valence electrons. The van der Waals surface area contributed by atoms with Crippen LogP contribution in [0, 0.1) is 5.82 Å². The molecule has 11 heteroatoms. The van der Waals surface area contributed by atoms with Crippen molar-refractivity contribution in [1.29, 1.82) is 0 Å². The quantitative estimate of drug-likeness (QED) is 0.496. The molecule has 2 amide bonds. The van der Waals surface area contributed by atoms with Crippen LogP contribution in [0.1, 0.15) is 10.5 Å². The van der Waals surface area contributed by atoms with Gasteiger partial charge in [0.15, 0.2) is 11.6 Å². The van der Waals surface area contributed by atoms with E-state index in [4.69, 9.17) is 4.74 Å². The molecule has 10 nitrogen and oxygen atoms in total. The van der Waals surface area contributed by atoms with Gasteiger partial charge < -0.3 is 14.4 Å². The average Bonchev–Trinajstić information content (AvgIpc) is 3.27. The van der Waals surface area contributed by atoms with E-state index < -0.39 is 17.8 Å². The maximum Gasteiger partial charge on any atom is 0.412 e. The Hall–Kier alpha value is -4.54. The van der Waals surface area contributed by atoms with E-state index in [2.05, 4.69) is 25.0 Å². The summed E-state index contributed by atoms with van der Waals surface area (Å²) >= 11 is 0. The fraction of sp³-hybridized carbons (Fsp3) is 0.136. The topological polar surface area (TPSA) is 111 Å². The zero-order valence-electron chi connectivity index (χ0n) is 17.9. The van der Waals surface area contributed by atoms with Gasteiger partial charge >= 0.3 is 6.09 Å². The van der Waals surface area contributed by atoms with Gasteiger partial charge in [-0.15, -0.1) is 0 Å². The van der Waals surface area contributed by atoms with Crippen molar-refractivity contribution in [2.24, 2.45) is 0 Å². The number of nitrogens with zero attached hydrogens (tertiary/aromatic N) is 5. The molecular weight excluding hydrogens is 431 g/mol. The van der Waals surface area contributed by atoms with Crippen molar-refractivity contribution >= 4 is 34.5 Å². The van der Waals surface area contributed by atoms with E-state index in [1.807, 2.05) is 0 Å². The zero-order valence-corrected chi connectivity index (χ0v) is 17.9. The van der Waals surface area contributed by atoms with Crippen LogP contribution in [0.25, 0.3) is 16.7 Å². The molecule has 0 bridgehead atoms. The smallest absolute Gasteiger partial charge is 0.412 e. The molecule has 33 heavy (non-hydrogen) atoms. The van der Waals surface area contributed by atoms with E-state index in [1.54, 1.807) is 42.3 Å². The summed E-state index contributed by atoms with van der Waals surface area (Å²) in [5, 5.41) is 2.48. The number of fused-ring (bicyclic) bond motifs is 1. The number of pyridine rings is 2. The summed E-state index contributed by atoms with van der Waals surface area (Å²) in [7, 11) is 4.18. The van der Waals surface area contributed by atoms with E-state index >= 15 is 0 Å². The number of aromatic nitrogens is 4. The van der Waals surface area contributed by atoms with Gasteiger partial charge in [0.25, 0.3) is 5.91 Å². The van der Waals surface area contributed by atoms with Gasteiger partial charge in [0, 0.05) is 18.8 Å². The molecule has 0 aliphatic rings.